The quantitative estimate of drug-likeness (QED) is 0.443. The summed E-state index contributed by atoms with van der Waals surface area (Å²) in [5.41, 5.74) is -0.353. The number of nitro groups is 1. The van der Waals surface area contributed by atoms with E-state index in [1.165, 1.54) is 0 Å². The number of carbonyl (C=O) groups excluding carboxylic acids is 1. The van der Waals surface area contributed by atoms with Gasteiger partial charge in [-0.25, -0.2) is 8.78 Å². The number of aldehydes is 1. The van der Waals surface area contributed by atoms with Crippen molar-refractivity contribution in [1.82, 2.24) is 0 Å². The molecule has 4 nitrogen and oxygen atoms in total. The summed E-state index contributed by atoms with van der Waals surface area (Å²) in [7, 11) is 0. The largest absolute Gasteiger partial charge is 0.303 e. The van der Waals surface area contributed by atoms with Crippen molar-refractivity contribution in [1.29, 1.82) is 0 Å². The monoisotopic (exact) mass is 229 g/mol. The zero-order valence-electron chi connectivity index (χ0n) is 8.23. The summed E-state index contributed by atoms with van der Waals surface area (Å²) in [5.74, 6) is 0. The van der Waals surface area contributed by atoms with Crippen LogP contribution in [0, 0.1) is 10.1 Å². The SMILES string of the molecule is O=CCCc1cc([N+](=O)[O-])ccc1C(F)F. The van der Waals surface area contributed by atoms with E-state index < -0.39 is 11.3 Å². The fraction of sp³-hybridized carbons (Fsp3) is 0.300. The molecule has 0 aliphatic heterocycles. The number of hydrogen-bond acceptors (Lipinski definition) is 3. The molecule has 0 N–H and O–H groups in total. The van der Waals surface area contributed by atoms with Gasteiger partial charge in [0.15, 0.2) is 0 Å². The van der Waals surface area contributed by atoms with Crippen molar-refractivity contribution in [2.24, 2.45) is 0 Å². The van der Waals surface area contributed by atoms with Crippen LogP contribution in [0.4, 0.5) is 14.5 Å². The second kappa shape index (κ2) is 5.29. The summed E-state index contributed by atoms with van der Waals surface area (Å²) in [6.45, 7) is 0. The maximum Gasteiger partial charge on any atom is 0.269 e. The summed E-state index contributed by atoms with van der Waals surface area (Å²) in [6, 6.07) is 3.15. The van der Waals surface area contributed by atoms with Gasteiger partial charge in [-0.2, -0.15) is 0 Å². The lowest BCUT2D eigenvalue weighted by Gasteiger charge is -2.06. The van der Waals surface area contributed by atoms with Crippen molar-refractivity contribution in [3.63, 3.8) is 0 Å². The fourth-order valence-electron chi connectivity index (χ4n) is 1.35. The number of hydrogen-bond donors (Lipinski definition) is 0. The smallest absolute Gasteiger partial charge is 0.269 e. The molecule has 0 radical (unpaired) electrons. The highest BCUT2D eigenvalue weighted by molar-refractivity contribution is 5.51. The Morgan fingerprint density at radius 3 is 2.62 bits per heavy atom. The molecule has 0 amide bonds. The van der Waals surface area contributed by atoms with Gasteiger partial charge in [-0.1, -0.05) is 0 Å². The van der Waals surface area contributed by atoms with Crippen molar-refractivity contribution in [3.05, 3.63) is 39.4 Å². The Hall–Kier alpha value is -1.85. The summed E-state index contributed by atoms with van der Waals surface area (Å²) in [5, 5.41) is 10.5. The van der Waals surface area contributed by atoms with Crippen LogP contribution in [0.1, 0.15) is 24.0 Å². The topological polar surface area (TPSA) is 60.2 Å². The molecule has 1 aromatic carbocycles. The van der Waals surface area contributed by atoms with Gasteiger partial charge in [-0.15, -0.1) is 0 Å². The summed E-state index contributed by atoms with van der Waals surface area (Å²) in [6.07, 6.45) is -1.94. The highest BCUT2D eigenvalue weighted by atomic mass is 19.3. The number of carbonyl (C=O) groups is 1. The van der Waals surface area contributed by atoms with Crippen LogP contribution in [0.25, 0.3) is 0 Å². The highest BCUT2D eigenvalue weighted by Gasteiger charge is 2.16. The molecule has 86 valence electrons. The lowest BCUT2D eigenvalue weighted by atomic mass is 10.0. The van der Waals surface area contributed by atoms with Gasteiger partial charge in [-0.3, -0.25) is 10.1 Å². The minimum Gasteiger partial charge on any atom is -0.303 e. The molecule has 0 aromatic heterocycles. The number of halogens is 2. The van der Waals surface area contributed by atoms with Crippen LogP contribution in [0.5, 0.6) is 0 Å². The predicted molar refractivity (Wildman–Crippen MR) is 52.4 cm³/mol. The van der Waals surface area contributed by atoms with Crippen LogP contribution in [0.2, 0.25) is 0 Å². The molecular formula is C10H9F2NO3. The van der Waals surface area contributed by atoms with Crippen molar-refractivity contribution in [2.75, 3.05) is 0 Å². The molecule has 0 heterocycles. The normalized spacial score (nSPS) is 10.4. The summed E-state index contributed by atoms with van der Waals surface area (Å²) >= 11 is 0. The number of alkyl halides is 2. The van der Waals surface area contributed by atoms with Gasteiger partial charge >= 0.3 is 0 Å². The van der Waals surface area contributed by atoms with E-state index in [1.807, 2.05) is 0 Å². The molecule has 0 aliphatic carbocycles. The molecule has 1 rings (SSSR count). The van der Waals surface area contributed by atoms with E-state index in [4.69, 9.17) is 0 Å². The zero-order valence-corrected chi connectivity index (χ0v) is 8.23. The standard InChI is InChI=1S/C10H9F2NO3/c11-10(12)9-4-3-8(13(15)16)6-7(9)2-1-5-14/h3-6,10H,1-2H2. The minimum atomic E-state index is -2.69. The van der Waals surface area contributed by atoms with Gasteiger partial charge in [-0.05, 0) is 18.1 Å². The number of nitrogens with zero attached hydrogens (tertiary/aromatic N) is 1. The third kappa shape index (κ3) is 2.82. The molecule has 6 heteroatoms. The molecule has 0 unspecified atom stereocenters. The fourth-order valence-corrected chi connectivity index (χ4v) is 1.35. The second-order valence-corrected chi connectivity index (χ2v) is 3.15. The third-order valence-electron chi connectivity index (χ3n) is 2.10. The summed E-state index contributed by atoms with van der Waals surface area (Å²) in [4.78, 5) is 20.0. The first kappa shape index (κ1) is 12.2. The molecule has 0 saturated carbocycles. The Balaban J connectivity index is 3.10. The molecule has 16 heavy (non-hydrogen) atoms. The summed E-state index contributed by atoms with van der Waals surface area (Å²) < 4.78 is 25.1. The van der Waals surface area contributed by atoms with Gasteiger partial charge in [0.05, 0.1) is 4.92 Å². The third-order valence-corrected chi connectivity index (χ3v) is 2.10. The second-order valence-electron chi connectivity index (χ2n) is 3.15. The lowest BCUT2D eigenvalue weighted by molar-refractivity contribution is -0.384. The number of nitro benzene ring substituents is 1. The molecule has 0 fully saturated rings. The van der Waals surface area contributed by atoms with E-state index >= 15 is 0 Å². The maximum atomic E-state index is 12.5. The van der Waals surface area contributed by atoms with Crippen LogP contribution < -0.4 is 0 Å². The Labute approximate surface area is 90.0 Å². The molecule has 0 spiro atoms. The van der Waals surface area contributed by atoms with E-state index in [9.17, 15) is 23.7 Å². The first-order valence-electron chi connectivity index (χ1n) is 4.55. The zero-order chi connectivity index (χ0) is 12.1. The minimum absolute atomic E-state index is 0.0703. The average Bonchev–Trinajstić information content (AvgIpc) is 2.25. The number of non-ortho nitro benzene ring substituents is 1. The van der Waals surface area contributed by atoms with Crippen LogP contribution in [0.3, 0.4) is 0 Å². The van der Waals surface area contributed by atoms with Crippen molar-refractivity contribution < 1.29 is 18.5 Å². The molecule has 0 aliphatic rings. The van der Waals surface area contributed by atoms with Crippen molar-refractivity contribution >= 4 is 12.0 Å². The van der Waals surface area contributed by atoms with Crippen LogP contribution in [-0.2, 0) is 11.2 Å². The Bertz CT molecular complexity index is 407. The van der Waals surface area contributed by atoms with Crippen LogP contribution >= 0.6 is 0 Å². The molecule has 0 atom stereocenters. The number of aryl methyl sites for hydroxylation is 1. The lowest BCUT2D eigenvalue weighted by Crippen LogP contribution is -1.98. The predicted octanol–water partition coefficient (Wildman–Crippen LogP) is 2.66. The average molecular weight is 229 g/mol. The first-order valence-corrected chi connectivity index (χ1v) is 4.55. The van der Waals surface area contributed by atoms with Crippen LogP contribution in [-0.4, -0.2) is 11.2 Å². The first-order chi connectivity index (χ1) is 7.56. The van der Waals surface area contributed by atoms with E-state index in [0.717, 1.165) is 18.2 Å². The number of benzene rings is 1. The Kier molecular flexibility index (Phi) is 4.04. The molecule has 0 bridgehead atoms. The van der Waals surface area contributed by atoms with Crippen molar-refractivity contribution in [3.8, 4) is 0 Å². The van der Waals surface area contributed by atoms with Crippen molar-refractivity contribution in [2.45, 2.75) is 19.3 Å². The van der Waals surface area contributed by atoms with Gasteiger partial charge in [0.2, 0.25) is 0 Å². The van der Waals surface area contributed by atoms with Gasteiger partial charge in [0.1, 0.15) is 6.29 Å². The Morgan fingerprint density at radius 1 is 1.44 bits per heavy atom. The highest BCUT2D eigenvalue weighted by Crippen LogP contribution is 2.27. The molecular weight excluding hydrogens is 220 g/mol. The molecule has 0 saturated heterocycles. The number of rotatable bonds is 5. The van der Waals surface area contributed by atoms with E-state index in [2.05, 4.69) is 0 Å². The van der Waals surface area contributed by atoms with Gasteiger partial charge in [0.25, 0.3) is 12.1 Å². The van der Waals surface area contributed by atoms with Gasteiger partial charge in [0, 0.05) is 24.1 Å². The Morgan fingerprint density at radius 2 is 2.12 bits per heavy atom. The van der Waals surface area contributed by atoms with Gasteiger partial charge < -0.3 is 4.79 Å². The maximum absolute atomic E-state index is 12.5. The van der Waals surface area contributed by atoms with E-state index in [1.54, 1.807) is 0 Å². The van der Waals surface area contributed by atoms with Crippen LogP contribution in [0.15, 0.2) is 18.2 Å². The van der Waals surface area contributed by atoms with E-state index in [0.29, 0.717) is 6.29 Å². The molecule has 1 aromatic rings. The van der Waals surface area contributed by atoms with E-state index in [-0.39, 0.29) is 29.7 Å².